The smallest absolute Gasteiger partial charge is 0.227 e. The Morgan fingerprint density at radius 3 is 2.53 bits per heavy atom. The second kappa shape index (κ2) is 14.3. The Balaban J connectivity index is 1.27. The molecule has 43 heavy (non-hydrogen) atoms. The number of thiophene rings is 1. The first-order valence-corrected chi connectivity index (χ1v) is 15.6. The third-order valence-corrected chi connectivity index (χ3v) is 8.79. The van der Waals surface area contributed by atoms with Gasteiger partial charge in [0.05, 0.1) is 22.7 Å². The fourth-order valence-corrected chi connectivity index (χ4v) is 6.49. The summed E-state index contributed by atoms with van der Waals surface area (Å²) in [7, 11) is 3.83. The maximum Gasteiger partial charge on any atom is 0.227 e. The molecule has 1 aliphatic rings. The predicted molar refractivity (Wildman–Crippen MR) is 174 cm³/mol. The van der Waals surface area contributed by atoms with Crippen LogP contribution in [0, 0.1) is 11.3 Å². The molecular formula is C33H39N7O2S. The normalized spacial score (nSPS) is 13.9. The zero-order valence-corrected chi connectivity index (χ0v) is 25.9. The minimum atomic E-state index is 0.141. The highest BCUT2D eigenvalue weighted by atomic mass is 32.1. The van der Waals surface area contributed by atoms with Crippen LogP contribution in [0.25, 0.3) is 21.7 Å². The lowest BCUT2D eigenvalue weighted by atomic mass is 10.00. The fraction of sp³-hybridized carbons (Fsp3) is 0.364. The molecule has 3 heterocycles. The number of benzene rings is 2. The van der Waals surface area contributed by atoms with E-state index in [0.29, 0.717) is 23.8 Å². The van der Waals surface area contributed by atoms with E-state index in [1.807, 2.05) is 55.4 Å². The van der Waals surface area contributed by atoms with Crippen LogP contribution in [0.1, 0.15) is 25.3 Å². The summed E-state index contributed by atoms with van der Waals surface area (Å²) in [6.07, 6.45) is 3.91. The molecule has 0 bridgehead atoms. The van der Waals surface area contributed by atoms with Crippen molar-refractivity contribution in [1.82, 2.24) is 19.8 Å². The van der Waals surface area contributed by atoms with Gasteiger partial charge in [-0.05, 0) is 55.3 Å². The van der Waals surface area contributed by atoms with Crippen LogP contribution in [-0.4, -0.2) is 84.8 Å². The molecular weight excluding hydrogens is 558 g/mol. The molecule has 9 nitrogen and oxygen atoms in total. The second-order valence-corrected chi connectivity index (χ2v) is 11.8. The Morgan fingerprint density at radius 2 is 1.81 bits per heavy atom. The van der Waals surface area contributed by atoms with E-state index in [4.69, 9.17) is 9.72 Å². The third-order valence-electron chi connectivity index (χ3n) is 7.41. The van der Waals surface area contributed by atoms with Gasteiger partial charge in [0.25, 0.3) is 0 Å². The Morgan fingerprint density at radius 1 is 1.05 bits per heavy atom. The second-order valence-electron chi connectivity index (χ2n) is 10.8. The Bertz CT molecular complexity index is 1560. The molecule has 0 radical (unpaired) electrons. The fourth-order valence-electron chi connectivity index (χ4n) is 5.32. The van der Waals surface area contributed by atoms with Gasteiger partial charge in [-0.2, -0.15) is 5.26 Å². The average Bonchev–Trinajstić information content (AvgIpc) is 3.41. The van der Waals surface area contributed by atoms with Gasteiger partial charge in [-0.15, -0.1) is 11.3 Å². The molecule has 2 N–H and O–H groups in total. The number of rotatable bonds is 12. The van der Waals surface area contributed by atoms with Crippen LogP contribution < -0.4 is 15.0 Å². The van der Waals surface area contributed by atoms with Crippen molar-refractivity contribution in [1.29, 1.82) is 5.26 Å². The number of ether oxygens (including phenoxy) is 1. The van der Waals surface area contributed by atoms with E-state index in [2.05, 4.69) is 33.1 Å². The SMILES string of the molecule is CCCN1CCN(CCCOc2cccc(Nc3nccc(-c4sc(N(C)C)c(C#N)c4-c4cccc(O)c4)n3)c2)CC1. The Hall–Kier alpha value is -4.17. The maximum absolute atomic E-state index is 10.2. The van der Waals surface area contributed by atoms with Gasteiger partial charge in [-0.1, -0.05) is 25.1 Å². The molecule has 5 rings (SSSR count). The lowest BCUT2D eigenvalue weighted by Crippen LogP contribution is -2.46. The maximum atomic E-state index is 10.2. The monoisotopic (exact) mass is 597 g/mol. The number of piperazine rings is 1. The first-order valence-electron chi connectivity index (χ1n) is 14.8. The number of aromatic hydroxyl groups is 1. The highest BCUT2D eigenvalue weighted by Crippen LogP contribution is 2.46. The molecule has 1 fully saturated rings. The largest absolute Gasteiger partial charge is 0.508 e. The lowest BCUT2D eigenvalue weighted by Gasteiger charge is -2.34. The molecule has 224 valence electrons. The summed E-state index contributed by atoms with van der Waals surface area (Å²) < 4.78 is 6.08. The molecule has 0 atom stereocenters. The lowest BCUT2D eigenvalue weighted by molar-refractivity contribution is 0.126. The van der Waals surface area contributed by atoms with Crippen molar-refractivity contribution in [3.05, 3.63) is 66.4 Å². The number of aromatic nitrogens is 2. The number of phenolic OH excluding ortho intramolecular Hbond substituents is 1. The number of nitrogens with zero attached hydrogens (tertiary/aromatic N) is 6. The average molecular weight is 598 g/mol. The number of anilines is 3. The topological polar surface area (TPSA) is 101 Å². The van der Waals surface area contributed by atoms with Crippen molar-refractivity contribution >= 4 is 28.0 Å². The highest BCUT2D eigenvalue weighted by molar-refractivity contribution is 7.20. The van der Waals surface area contributed by atoms with Crippen LogP contribution in [0.4, 0.5) is 16.6 Å². The molecule has 1 aliphatic heterocycles. The molecule has 2 aromatic carbocycles. The molecule has 0 spiro atoms. The van der Waals surface area contributed by atoms with Crippen molar-refractivity contribution in [2.24, 2.45) is 0 Å². The minimum Gasteiger partial charge on any atom is -0.508 e. The van der Waals surface area contributed by atoms with Crippen molar-refractivity contribution in [3.8, 4) is 39.3 Å². The van der Waals surface area contributed by atoms with E-state index in [-0.39, 0.29) is 5.75 Å². The summed E-state index contributed by atoms with van der Waals surface area (Å²) in [4.78, 5) is 17.1. The summed E-state index contributed by atoms with van der Waals surface area (Å²) >= 11 is 1.49. The number of nitrogens with one attached hydrogen (secondary N) is 1. The first kappa shape index (κ1) is 30.3. The molecule has 2 aromatic heterocycles. The Labute approximate surface area is 258 Å². The summed E-state index contributed by atoms with van der Waals surface area (Å²) in [5.74, 6) is 1.38. The van der Waals surface area contributed by atoms with E-state index >= 15 is 0 Å². The first-order chi connectivity index (χ1) is 20.9. The molecule has 10 heteroatoms. The molecule has 0 unspecified atom stereocenters. The molecule has 0 amide bonds. The Kier molecular flexibility index (Phi) is 10.1. The molecule has 0 saturated carbocycles. The van der Waals surface area contributed by atoms with Gasteiger partial charge in [0.1, 0.15) is 22.6 Å². The number of hydrogen-bond donors (Lipinski definition) is 2. The van der Waals surface area contributed by atoms with E-state index in [1.54, 1.807) is 24.4 Å². The van der Waals surface area contributed by atoms with Crippen LogP contribution in [0.3, 0.4) is 0 Å². The van der Waals surface area contributed by atoms with E-state index in [9.17, 15) is 10.4 Å². The summed E-state index contributed by atoms with van der Waals surface area (Å²) in [6.45, 7) is 9.74. The number of nitriles is 1. The van der Waals surface area contributed by atoms with Gasteiger partial charge in [-0.3, -0.25) is 0 Å². The van der Waals surface area contributed by atoms with Crippen molar-refractivity contribution < 1.29 is 9.84 Å². The summed E-state index contributed by atoms with van der Waals surface area (Å²) in [5, 5.41) is 24.4. The van der Waals surface area contributed by atoms with Crippen LogP contribution in [0.15, 0.2) is 60.8 Å². The molecule has 4 aromatic rings. The predicted octanol–water partition coefficient (Wildman–Crippen LogP) is 6.06. The zero-order chi connectivity index (χ0) is 30.2. The van der Waals surface area contributed by atoms with Gasteiger partial charge in [0, 0.05) is 70.3 Å². The van der Waals surface area contributed by atoms with Crippen LogP contribution in [0.5, 0.6) is 11.5 Å². The highest BCUT2D eigenvalue weighted by Gasteiger charge is 2.23. The quantitative estimate of drug-likeness (QED) is 0.189. The van der Waals surface area contributed by atoms with Gasteiger partial charge >= 0.3 is 0 Å². The van der Waals surface area contributed by atoms with Crippen LogP contribution in [-0.2, 0) is 0 Å². The van der Waals surface area contributed by atoms with E-state index < -0.39 is 0 Å². The molecule has 1 saturated heterocycles. The summed E-state index contributed by atoms with van der Waals surface area (Å²) in [5.41, 5.74) is 3.57. The van der Waals surface area contributed by atoms with Crippen molar-refractivity contribution in [3.63, 3.8) is 0 Å². The van der Waals surface area contributed by atoms with Gasteiger partial charge in [0.15, 0.2) is 0 Å². The standard InChI is InChI=1S/C33H39N7O2S/c1-4-14-39-16-18-40(19-17-39)15-7-20-42-27-11-6-9-25(22-27)36-33-35-13-12-29(37-33)31-30(24-8-5-10-26(41)21-24)28(23-34)32(43-31)38(2)3/h5-6,8-13,21-22,41H,4,7,14-20H2,1-3H3,(H,35,36,37). The van der Waals surface area contributed by atoms with Gasteiger partial charge in [-0.25, -0.2) is 9.97 Å². The van der Waals surface area contributed by atoms with Gasteiger partial charge in [0.2, 0.25) is 5.95 Å². The van der Waals surface area contributed by atoms with Crippen molar-refractivity contribution in [2.45, 2.75) is 19.8 Å². The zero-order valence-electron chi connectivity index (χ0n) is 25.1. The van der Waals surface area contributed by atoms with Crippen molar-refractivity contribution in [2.75, 3.05) is 70.2 Å². The number of hydrogen-bond acceptors (Lipinski definition) is 10. The summed E-state index contributed by atoms with van der Waals surface area (Å²) in [6, 6.07) is 19.0. The third kappa shape index (κ3) is 7.62. The molecule has 0 aliphatic carbocycles. The number of phenols is 1. The van der Waals surface area contributed by atoms with E-state index in [1.165, 1.54) is 24.3 Å². The van der Waals surface area contributed by atoms with Crippen LogP contribution >= 0.6 is 11.3 Å². The van der Waals surface area contributed by atoms with E-state index in [0.717, 1.165) is 71.6 Å². The van der Waals surface area contributed by atoms with Crippen LogP contribution in [0.2, 0.25) is 0 Å². The van der Waals surface area contributed by atoms with Gasteiger partial charge < -0.3 is 29.9 Å². The minimum absolute atomic E-state index is 0.141.